The van der Waals surface area contributed by atoms with E-state index in [-0.39, 0.29) is 12.5 Å². The quantitative estimate of drug-likeness (QED) is 0.900. The zero-order valence-corrected chi connectivity index (χ0v) is 15.4. The summed E-state index contributed by atoms with van der Waals surface area (Å²) in [6.45, 7) is 7.74. The minimum Gasteiger partial charge on any atom is -0.393 e. The van der Waals surface area contributed by atoms with Gasteiger partial charge < -0.3 is 14.7 Å². The fourth-order valence-electron chi connectivity index (χ4n) is 4.18. The van der Waals surface area contributed by atoms with Crippen LogP contribution in [0.3, 0.4) is 0 Å². The highest BCUT2D eigenvalue weighted by molar-refractivity contribution is 5.73. The van der Waals surface area contributed by atoms with E-state index in [1.54, 1.807) is 6.92 Å². The van der Waals surface area contributed by atoms with Crippen molar-refractivity contribution in [2.75, 3.05) is 39.4 Å². The first kappa shape index (κ1) is 18.4. The Morgan fingerprint density at radius 2 is 2.08 bits per heavy atom. The Hall–Kier alpha value is -1.43. The van der Waals surface area contributed by atoms with Crippen LogP contribution in [0.1, 0.15) is 30.9 Å². The third-order valence-corrected chi connectivity index (χ3v) is 5.60. The van der Waals surface area contributed by atoms with Crippen LogP contribution in [0.2, 0.25) is 0 Å². The van der Waals surface area contributed by atoms with Crippen LogP contribution in [0.5, 0.6) is 0 Å². The number of nitrogens with zero attached hydrogens (tertiary/aromatic N) is 2. The number of amides is 1. The van der Waals surface area contributed by atoms with Gasteiger partial charge in [0.2, 0.25) is 5.91 Å². The van der Waals surface area contributed by atoms with Crippen LogP contribution in [0.4, 0.5) is 0 Å². The smallest absolute Gasteiger partial charge is 0.219 e. The molecule has 2 aliphatic rings. The van der Waals surface area contributed by atoms with E-state index in [9.17, 15) is 9.90 Å². The molecule has 2 aliphatic heterocycles. The van der Waals surface area contributed by atoms with Crippen molar-refractivity contribution < 1.29 is 14.6 Å². The van der Waals surface area contributed by atoms with Crippen molar-refractivity contribution in [2.24, 2.45) is 0 Å². The minimum atomic E-state index is -0.524. The van der Waals surface area contributed by atoms with E-state index in [0.717, 1.165) is 45.4 Å². The summed E-state index contributed by atoms with van der Waals surface area (Å²) in [6, 6.07) is 8.91. The van der Waals surface area contributed by atoms with E-state index in [2.05, 4.69) is 36.1 Å². The van der Waals surface area contributed by atoms with Crippen molar-refractivity contribution in [3.63, 3.8) is 0 Å². The molecule has 2 fully saturated rings. The van der Waals surface area contributed by atoms with Gasteiger partial charge in [-0.05, 0) is 25.3 Å². The number of aryl methyl sites for hydroxylation is 1. The summed E-state index contributed by atoms with van der Waals surface area (Å²) >= 11 is 0. The first-order valence-electron chi connectivity index (χ1n) is 9.31. The van der Waals surface area contributed by atoms with Crippen LogP contribution < -0.4 is 0 Å². The van der Waals surface area contributed by atoms with Crippen molar-refractivity contribution >= 4 is 5.91 Å². The molecule has 5 heteroatoms. The molecule has 2 saturated heterocycles. The summed E-state index contributed by atoms with van der Waals surface area (Å²) in [5.74, 6) is 0.171. The molecule has 0 unspecified atom stereocenters. The average molecular weight is 346 g/mol. The standard InChI is InChI=1S/C20H30N2O3/c1-16-4-3-5-18(12-16)13-20(15-23)14-22(10-11-25-20)19-6-8-21(9-7-19)17(2)24/h3-5,12,19,23H,6-11,13-15H2,1-2H3/t20-/m0/s1. The first-order valence-corrected chi connectivity index (χ1v) is 9.31. The highest BCUT2D eigenvalue weighted by atomic mass is 16.5. The highest BCUT2D eigenvalue weighted by Gasteiger charge is 2.39. The third kappa shape index (κ3) is 4.40. The van der Waals surface area contributed by atoms with E-state index < -0.39 is 5.60 Å². The van der Waals surface area contributed by atoms with Gasteiger partial charge in [0.1, 0.15) is 5.60 Å². The van der Waals surface area contributed by atoms with Crippen molar-refractivity contribution in [2.45, 2.75) is 44.8 Å². The molecule has 5 nitrogen and oxygen atoms in total. The van der Waals surface area contributed by atoms with Gasteiger partial charge in [-0.3, -0.25) is 9.69 Å². The van der Waals surface area contributed by atoms with E-state index in [1.807, 2.05) is 4.90 Å². The number of hydrogen-bond donors (Lipinski definition) is 1. The number of carbonyl (C=O) groups is 1. The molecule has 1 amide bonds. The van der Waals surface area contributed by atoms with E-state index in [1.165, 1.54) is 11.1 Å². The number of likely N-dealkylation sites (tertiary alicyclic amines) is 1. The second-order valence-electron chi connectivity index (χ2n) is 7.56. The predicted molar refractivity (Wildman–Crippen MR) is 97.5 cm³/mol. The monoisotopic (exact) mass is 346 g/mol. The van der Waals surface area contributed by atoms with Crippen LogP contribution >= 0.6 is 0 Å². The number of aliphatic hydroxyl groups excluding tert-OH is 1. The molecule has 0 bridgehead atoms. The summed E-state index contributed by atoms with van der Waals surface area (Å²) in [6.07, 6.45) is 2.74. The Morgan fingerprint density at radius 1 is 1.32 bits per heavy atom. The van der Waals surface area contributed by atoms with Gasteiger partial charge in [0, 0.05) is 45.6 Å². The summed E-state index contributed by atoms with van der Waals surface area (Å²) in [4.78, 5) is 15.9. The van der Waals surface area contributed by atoms with Gasteiger partial charge in [-0.25, -0.2) is 0 Å². The molecule has 1 aromatic rings. The number of hydrogen-bond acceptors (Lipinski definition) is 4. The lowest BCUT2D eigenvalue weighted by Crippen LogP contribution is -2.59. The normalized spacial score (nSPS) is 26.0. The summed E-state index contributed by atoms with van der Waals surface area (Å²) in [5, 5.41) is 10.1. The lowest BCUT2D eigenvalue weighted by molar-refractivity contribution is -0.146. The Morgan fingerprint density at radius 3 is 2.72 bits per heavy atom. The maximum atomic E-state index is 11.5. The van der Waals surface area contributed by atoms with Gasteiger partial charge in [0.15, 0.2) is 0 Å². The molecule has 0 saturated carbocycles. The largest absolute Gasteiger partial charge is 0.393 e. The topological polar surface area (TPSA) is 53.0 Å². The van der Waals surface area contributed by atoms with Gasteiger partial charge in [0.25, 0.3) is 0 Å². The minimum absolute atomic E-state index is 0.0315. The molecule has 2 heterocycles. The Balaban J connectivity index is 1.65. The van der Waals surface area contributed by atoms with Crippen molar-refractivity contribution in [3.05, 3.63) is 35.4 Å². The van der Waals surface area contributed by atoms with Crippen molar-refractivity contribution in [1.82, 2.24) is 9.80 Å². The average Bonchev–Trinajstić information content (AvgIpc) is 2.62. The molecule has 1 atom stereocenters. The third-order valence-electron chi connectivity index (χ3n) is 5.60. The molecule has 0 aromatic heterocycles. The lowest BCUT2D eigenvalue weighted by Gasteiger charge is -2.47. The van der Waals surface area contributed by atoms with Gasteiger partial charge in [0.05, 0.1) is 13.2 Å². The summed E-state index contributed by atoms with van der Waals surface area (Å²) in [7, 11) is 0. The molecule has 1 aromatic carbocycles. The van der Waals surface area contributed by atoms with Gasteiger partial charge >= 0.3 is 0 Å². The molecular weight excluding hydrogens is 316 g/mol. The summed E-state index contributed by atoms with van der Waals surface area (Å²) in [5.41, 5.74) is 1.92. The molecule has 0 radical (unpaired) electrons. The Labute approximate surface area is 150 Å². The van der Waals surface area contributed by atoms with Crippen molar-refractivity contribution in [1.29, 1.82) is 0 Å². The maximum absolute atomic E-state index is 11.5. The second-order valence-corrected chi connectivity index (χ2v) is 7.56. The number of aliphatic hydroxyl groups is 1. The van der Waals surface area contributed by atoms with Crippen molar-refractivity contribution in [3.8, 4) is 0 Å². The zero-order valence-electron chi connectivity index (χ0n) is 15.4. The van der Waals surface area contributed by atoms with Crippen LogP contribution in [0.25, 0.3) is 0 Å². The molecule has 0 aliphatic carbocycles. The number of rotatable bonds is 4. The zero-order chi connectivity index (χ0) is 17.9. The van der Waals surface area contributed by atoms with Crippen LogP contribution in [0, 0.1) is 6.92 Å². The van der Waals surface area contributed by atoms with Crippen LogP contribution in [0.15, 0.2) is 24.3 Å². The molecule has 1 N–H and O–H groups in total. The molecular formula is C20H30N2O3. The number of ether oxygens (including phenoxy) is 1. The highest BCUT2D eigenvalue weighted by Crippen LogP contribution is 2.27. The number of carbonyl (C=O) groups excluding carboxylic acids is 1. The SMILES string of the molecule is CC(=O)N1CCC(N2CCO[C@@](CO)(Cc3cccc(C)c3)C2)CC1. The fourth-order valence-corrected chi connectivity index (χ4v) is 4.18. The molecule has 25 heavy (non-hydrogen) atoms. The van der Waals surface area contributed by atoms with Crippen LogP contribution in [-0.2, 0) is 16.0 Å². The summed E-state index contributed by atoms with van der Waals surface area (Å²) < 4.78 is 6.08. The van der Waals surface area contributed by atoms with E-state index in [0.29, 0.717) is 12.6 Å². The second kappa shape index (κ2) is 7.85. The molecule has 138 valence electrons. The fraction of sp³-hybridized carbons (Fsp3) is 0.650. The predicted octanol–water partition coefficient (Wildman–Crippen LogP) is 1.61. The lowest BCUT2D eigenvalue weighted by atomic mass is 9.91. The number of morpholine rings is 1. The molecule has 0 spiro atoms. The number of piperidine rings is 1. The first-order chi connectivity index (χ1) is 12.0. The van der Waals surface area contributed by atoms with Crippen LogP contribution in [-0.4, -0.2) is 71.8 Å². The maximum Gasteiger partial charge on any atom is 0.219 e. The number of benzene rings is 1. The van der Waals surface area contributed by atoms with E-state index in [4.69, 9.17) is 4.74 Å². The Bertz CT molecular complexity index is 598. The molecule has 3 rings (SSSR count). The van der Waals surface area contributed by atoms with Gasteiger partial charge in [-0.2, -0.15) is 0 Å². The van der Waals surface area contributed by atoms with E-state index >= 15 is 0 Å². The van der Waals surface area contributed by atoms with Gasteiger partial charge in [-0.1, -0.05) is 29.8 Å². The Kier molecular flexibility index (Phi) is 5.77. The van der Waals surface area contributed by atoms with Gasteiger partial charge in [-0.15, -0.1) is 0 Å².